The number of carbonyl (C=O) groups excluding carboxylic acids is 2. The monoisotopic (exact) mass is 381 g/mol. The summed E-state index contributed by atoms with van der Waals surface area (Å²) in [6, 6.07) is 8.36. The SMILES string of the molecule is O=C(CNc1cc(Cl)ccc1Cl)N1CCN(C(=O)c2ccco2)CC1. The predicted octanol–water partition coefficient (Wildman–Crippen LogP) is 2.98. The number of hydrogen-bond donors (Lipinski definition) is 1. The van der Waals surface area contributed by atoms with E-state index >= 15 is 0 Å². The van der Waals surface area contributed by atoms with Crippen molar-refractivity contribution in [2.45, 2.75) is 0 Å². The summed E-state index contributed by atoms with van der Waals surface area (Å²) in [5, 5.41) is 4.06. The van der Waals surface area contributed by atoms with Crippen molar-refractivity contribution in [2.24, 2.45) is 0 Å². The Morgan fingerprint density at radius 3 is 2.48 bits per heavy atom. The van der Waals surface area contributed by atoms with Crippen LogP contribution in [-0.4, -0.2) is 54.3 Å². The lowest BCUT2D eigenvalue weighted by Gasteiger charge is -2.34. The van der Waals surface area contributed by atoms with E-state index in [4.69, 9.17) is 27.6 Å². The van der Waals surface area contributed by atoms with Gasteiger partial charge in [-0.1, -0.05) is 23.2 Å². The zero-order valence-electron chi connectivity index (χ0n) is 13.4. The Morgan fingerprint density at radius 2 is 1.80 bits per heavy atom. The molecule has 1 N–H and O–H groups in total. The van der Waals surface area contributed by atoms with Crippen molar-refractivity contribution in [3.05, 3.63) is 52.4 Å². The molecule has 1 aliphatic heterocycles. The average molecular weight is 382 g/mol. The molecule has 0 spiro atoms. The van der Waals surface area contributed by atoms with E-state index in [0.29, 0.717) is 47.7 Å². The van der Waals surface area contributed by atoms with Crippen molar-refractivity contribution in [2.75, 3.05) is 38.0 Å². The van der Waals surface area contributed by atoms with Gasteiger partial charge in [-0.15, -0.1) is 0 Å². The van der Waals surface area contributed by atoms with Gasteiger partial charge in [0.2, 0.25) is 5.91 Å². The minimum atomic E-state index is -0.152. The minimum absolute atomic E-state index is 0.0545. The summed E-state index contributed by atoms with van der Waals surface area (Å²) in [5.41, 5.74) is 0.620. The van der Waals surface area contributed by atoms with Gasteiger partial charge in [-0.2, -0.15) is 0 Å². The van der Waals surface area contributed by atoms with Crippen LogP contribution in [0.15, 0.2) is 41.0 Å². The molecule has 0 unspecified atom stereocenters. The first-order valence-corrected chi connectivity index (χ1v) is 8.59. The molecule has 2 amide bonds. The fourth-order valence-electron chi connectivity index (χ4n) is 2.63. The van der Waals surface area contributed by atoms with E-state index in [1.165, 1.54) is 6.26 Å². The lowest BCUT2D eigenvalue weighted by Crippen LogP contribution is -2.51. The highest BCUT2D eigenvalue weighted by Crippen LogP contribution is 2.25. The van der Waals surface area contributed by atoms with Crippen LogP contribution in [0.25, 0.3) is 0 Å². The molecule has 0 radical (unpaired) electrons. The number of hydrogen-bond acceptors (Lipinski definition) is 4. The Kier molecular flexibility index (Phi) is 5.50. The summed E-state index contributed by atoms with van der Waals surface area (Å²) < 4.78 is 5.13. The van der Waals surface area contributed by atoms with Crippen molar-refractivity contribution in [1.82, 2.24) is 9.80 Å². The number of nitrogens with one attached hydrogen (secondary N) is 1. The molecule has 6 nitrogen and oxygen atoms in total. The van der Waals surface area contributed by atoms with Gasteiger partial charge in [0.15, 0.2) is 5.76 Å². The number of anilines is 1. The van der Waals surface area contributed by atoms with Gasteiger partial charge in [0.05, 0.1) is 23.5 Å². The summed E-state index contributed by atoms with van der Waals surface area (Å²) in [6.45, 7) is 2.03. The maximum absolute atomic E-state index is 12.3. The Hall–Kier alpha value is -2.18. The summed E-state index contributed by atoms with van der Waals surface area (Å²) in [5.74, 6) is 0.110. The van der Waals surface area contributed by atoms with Crippen LogP contribution in [0, 0.1) is 0 Å². The molecule has 132 valence electrons. The third-order valence-corrected chi connectivity index (χ3v) is 4.57. The van der Waals surface area contributed by atoms with Crippen LogP contribution in [-0.2, 0) is 4.79 Å². The number of halogens is 2. The van der Waals surface area contributed by atoms with E-state index in [2.05, 4.69) is 5.32 Å². The van der Waals surface area contributed by atoms with Crippen molar-refractivity contribution in [3.63, 3.8) is 0 Å². The van der Waals surface area contributed by atoms with Crippen LogP contribution in [0.3, 0.4) is 0 Å². The molecular weight excluding hydrogens is 365 g/mol. The fraction of sp³-hybridized carbons (Fsp3) is 0.294. The number of benzene rings is 1. The number of nitrogens with zero attached hydrogens (tertiary/aromatic N) is 2. The van der Waals surface area contributed by atoms with Gasteiger partial charge in [0.25, 0.3) is 5.91 Å². The molecule has 8 heteroatoms. The Morgan fingerprint density at radius 1 is 1.08 bits per heavy atom. The van der Waals surface area contributed by atoms with E-state index in [9.17, 15) is 9.59 Å². The first-order chi connectivity index (χ1) is 12.0. The first kappa shape index (κ1) is 17.6. The van der Waals surface area contributed by atoms with E-state index in [1.54, 1.807) is 40.1 Å². The molecule has 0 bridgehead atoms. The molecular formula is C17H17Cl2N3O3. The van der Waals surface area contributed by atoms with Crippen LogP contribution in [0.1, 0.15) is 10.6 Å². The molecule has 0 atom stereocenters. The molecule has 0 saturated carbocycles. The van der Waals surface area contributed by atoms with Gasteiger partial charge < -0.3 is 19.5 Å². The highest BCUT2D eigenvalue weighted by Gasteiger charge is 2.25. The maximum atomic E-state index is 12.3. The zero-order chi connectivity index (χ0) is 17.8. The Labute approximate surface area is 155 Å². The zero-order valence-corrected chi connectivity index (χ0v) is 14.9. The molecule has 3 rings (SSSR count). The topological polar surface area (TPSA) is 65.8 Å². The summed E-state index contributed by atoms with van der Waals surface area (Å²) in [6.07, 6.45) is 1.47. The maximum Gasteiger partial charge on any atom is 0.289 e. The summed E-state index contributed by atoms with van der Waals surface area (Å²) in [4.78, 5) is 27.9. The first-order valence-electron chi connectivity index (χ1n) is 7.84. The highest BCUT2D eigenvalue weighted by atomic mass is 35.5. The number of furan rings is 1. The van der Waals surface area contributed by atoms with Gasteiger partial charge in [0.1, 0.15) is 0 Å². The third-order valence-electron chi connectivity index (χ3n) is 4.01. The highest BCUT2D eigenvalue weighted by molar-refractivity contribution is 6.35. The van der Waals surface area contributed by atoms with Gasteiger partial charge in [-0.3, -0.25) is 9.59 Å². The quantitative estimate of drug-likeness (QED) is 0.883. The van der Waals surface area contributed by atoms with Crippen LogP contribution in [0.5, 0.6) is 0 Å². The third kappa shape index (κ3) is 4.27. The molecule has 0 aliphatic carbocycles. The van der Waals surface area contributed by atoms with Crippen LogP contribution in [0.2, 0.25) is 10.0 Å². The smallest absolute Gasteiger partial charge is 0.289 e. The molecule has 25 heavy (non-hydrogen) atoms. The largest absolute Gasteiger partial charge is 0.459 e. The second-order valence-corrected chi connectivity index (χ2v) is 6.47. The van der Waals surface area contributed by atoms with E-state index < -0.39 is 0 Å². The number of amides is 2. The number of rotatable bonds is 4. The predicted molar refractivity (Wildman–Crippen MR) is 96.1 cm³/mol. The normalized spacial score (nSPS) is 14.5. The van der Waals surface area contributed by atoms with E-state index in [1.807, 2.05) is 0 Å². The fourth-order valence-corrected chi connectivity index (χ4v) is 2.99. The second kappa shape index (κ2) is 7.80. The number of carbonyl (C=O) groups is 2. The molecule has 1 aromatic carbocycles. The molecule has 1 fully saturated rings. The lowest BCUT2D eigenvalue weighted by molar-refractivity contribution is -0.130. The second-order valence-electron chi connectivity index (χ2n) is 5.63. The van der Waals surface area contributed by atoms with Gasteiger partial charge in [0, 0.05) is 31.2 Å². The van der Waals surface area contributed by atoms with Gasteiger partial charge in [-0.25, -0.2) is 0 Å². The van der Waals surface area contributed by atoms with Crippen LogP contribution >= 0.6 is 23.2 Å². The summed E-state index contributed by atoms with van der Waals surface area (Å²) in [7, 11) is 0. The van der Waals surface area contributed by atoms with E-state index in [-0.39, 0.29) is 18.4 Å². The van der Waals surface area contributed by atoms with Crippen molar-refractivity contribution in [3.8, 4) is 0 Å². The standard InChI is InChI=1S/C17H17Cl2N3O3/c18-12-3-4-13(19)14(10-12)20-11-16(23)21-5-7-22(8-6-21)17(24)15-2-1-9-25-15/h1-4,9-10,20H,5-8,11H2. The van der Waals surface area contributed by atoms with Gasteiger partial charge in [-0.05, 0) is 30.3 Å². The van der Waals surface area contributed by atoms with Gasteiger partial charge >= 0.3 is 0 Å². The molecule has 2 heterocycles. The Bertz CT molecular complexity index is 757. The van der Waals surface area contributed by atoms with Crippen LogP contribution in [0.4, 0.5) is 5.69 Å². The lowest BCUT2D eigenvalue weighted by atomic mass is 10.2. The molecule has 1 aromatic heterocycles. The molecule has 1 aliphatic rings. The Balaban J connectivity index is 1.50. The van der Waals surface area contributed by atoms with E-state index in [0.717, 1.165) is 0 Å². The minimum Gasteiger partial charge on any atom is -0.459 e. The molecule has 2 aromatic rings. The van der Waals surface area contributed by atoms with Crippen LogP contribution < -0.4 is 5.32 Å². The summed E-state index contributed by atoms with van der Waals surface area (Å²) >= 11 is 12.0. The molecule has 1 saturated heterocycles. The average Bonchev–Trinajstić information content (AvgIpc) is 3.16. The van der Waals surface area contributed by atoms with Crippen molar-refractivity contribution >= 4 is 40.7 Å². The van der Waals surface area contributed by atoms with Crippen molar-refractivity contribution in [1.29, 1.82) is 0 Å². The number of piperazine rings is 1. The van der Waals surface area contributed by atoms with Crippen molar-refractivity contribution < 1.29 is 14.0 Å².